The number of fused-ring (bicyclic) bond motifs is 1. The Morgan fingerprint density at radius 3 is 2.56 bits per heavy atom. The van der Waals surface area contributed by atoms with Crippen molar-refractivity contribution in [2.75, 3.05) is 43.9 Å². The van der Waals surface area contributed by atoms with Crippen molar-refractivity contribution in [2.24, 2.45) is 0 Å². The van der Waals surface area contributed by atoms with E-state index in [-0.39, 0.29) is 16.8 Å². The van der Waals surface area contributed by atoms with E-state index in [1.165, 1.54) is 7.11 Å². The Morgan fingerprint density at radius 2 is 1.79 bits per heavy atom. The molecule has 1 aliphatic carbocycles. The number of rotatable bonds is 7. The average Bonchev–Trinajstić information content (AvgIpc) is 3.56. The van der Waals surface area contributed by atoms with E-state index in [4.69, 9.17) is 15.2 Å². The van der Waals surface area contributed by atoms with Crippen molar-refractivity contribution in [1.82, 2.24) is 19.4 Å². The maximum atomic E-state index is 13.3. The molecule has 2 aromatic carbocycles. The quantitative estimate of drug-likeness (QED) is 0.356. The standard InChI is InChI=1S/C28H32N6O4S/c1-37-27-26(39(35,36)32-21-6-3-2-4-7-21)17-20(18-30-27)19-10-11-22-25(16-19)34(28(29)31-22)24-9-5-8-23(24)33-12-14-38-15-13-33/h2-4,6-7,10-11,16-18,23-24,32H,5,8-9,12-15H2,1H3,(H2,29,31). The van der Waals surface area contributed by atoms with Gasteiger partial charge >= 0.3 is 0 Å². The number of ether oxygens (including phenoxy) is 2. The van der Waals surface area contributed by atoms with Crippen LogP contribution in [0.3, 0.4) is 0 Å². The summed E-state index contributed by atoms with van der Waals surface area (Å²) in [5, 5.41) is 0. The summed E-state index contributed by atoms with van der Waals surface area (Å²) in [5.41, 5.74) is 10.2. The normalized spacial score (nSPS) is 20.3. The minimum atomic E-state index is -3.96. The van der Waals surface area contributed by atoms with Crippen LogP contribution in [0.2, 0.25) is 0 Å². The third-order valence-electron chi connectivity index (χ3n) is 7.67. The lowest BCUT2D eigenvalue weighted by Gasteiger charge is -2.36. The molecule has 0 spiro atoms. The summed E-state index contributed by atoms with van der Waals surface area (Å²) in [6.07, 6.45) is 4.89. The molecule has 0 radical (unpaired) electrons. The van der Waals surface area contributed by atoms with Crippen LogP contribution in [0.25, 0.3) is 22.2 Å². The Hall–Kier alpha value is -3.67. The van der Waals surface area contributed by atoms with E-state index in [1.807, 2.05) is 24.3 Å². The predicted molar refractivity (Wildman–Crippen MR) is 150 cm³/mol. The first kappa shape index (κ1) is 25.6. The molecule has 1 aliphatic heterocycles. The molecule has 10 nitrogen and oxygen atoms in total. The van der Waals surface area contributed by atoms with E-state index in [1.54, 1.807) is 36.5 Å². The van der Waals surface area contributed by atoms with Crippen molar-refractivity contribution < 1.29 is 17.9 Å². The SMILES string of the molecule is COc1ncc(-c2ccc3nc(N)n(C4CCCC4N4CCOCC4)c3c2)cc1S(=O)(=O)Nc1ccccc1. The van der Waals surface area contributed by atoms with Gasteiger partial charge in [0.25, 0.3) is 10.0 Å². The van der Waals surface area contributed by atoms with Gasteiger partial charge < -0.3 is 19.8 Å². The number of nitrogen functional groups attached to an aromatic ring is 1. The maximum absolute atomic E-state index is 13.3. The molecule has 204 valence electrons. The molecular formula is C28H32N6O4S. The number of nitrogens with zero attached hydrogens (tertiary/aromatic N) is 4. The van der Waals surface area contributed by atoms with Gasteiger partial charge in [0.05, 0.1) is 37.4 Å². The van der Waals surface area contributed by atoms with E-state index in [0.29, 0.717) is 23.2 Å². The summed E-state index contributed by atoms with van der Waals surface area (Å²) < 4.78 is 42.3. The molecule has 2 aromatic heterocycles. The minimum absolute atomic E-state index is 0.0249. The molecule has 1 saturated carbocycles. The van der Waals surface area contributed by atoms with Crippen molar-refractivity contribution in [3.63, 3.8) is 0 Å². The summed E-state index contributed by atoms with van der Waals surface area (Å²) in [6, 6.07) is 16.8. The summed E-state index contributed by atoms with van der Waals surface area (Å²) in [6.45, 7) is 3.35. The third-order valence-corrected chi connectivity index (χ3v) is 9.04. The highest BCUT2D eigenvalue weighted by molar-refractivity contribution is 7.92. The lowest BCUT2D eigenvalue weighted by atomic mass is 10.1. The minimum Gasteiger partial charge on any atom is -0.480 e. The van der Waals surface area contributed by atoms with Gasteiger partial charge in [-0.3, -0.25) is 9.62 Å². The van der Waals surface area contributed by atoms with Crippen LogP contribution in [-0.2, 0) is 14.8 Å². The second-order valence-corrected chi connectivity index (χ2v) is 11.6. The van der Waals surface area contributed by atoms with Gasteiger partial charge in [0.15, 0.2) is 0 Å². The number of sulfonamides is 1. The Bertz CT molecular complexity index is 1580. The van der Waals surface area contributed by atoms with Crippen molar-refractivity contribution in [2.45, 2.75) is 36.2 Å². The molecule has 4 aromatic rings. The first-order chi connectivity index (χ1) is 18.9. The summed E-state index contributed by atoms with van der Waals surface area (Å²) in [5.74, 6) is 0.521. The van der Waals surface area contributed by atoms with Gasteiger partial charge in [-0.1, -0.05) is 24.3 Å². The number of anilines is 2. The molecule has 3 N–H and O–H groups in total. The number of hydrogen-bond acceptors (Lipinski definition) is 8. The summed E-state index contributed by atoms with van der Waals surface area (Å²) >= 11 is 0. The molecule has 2 fully saturated rings. The molecule has 0 amide bonds. The largest absolute Gasteiger partial charge is 0.480 e. The van der Waals surface area contributed by atoms with E-state index in [0.717, 1.165) is 62.2 Å². The van der Waals surface area contributed by atoms with Crippen LogP contribution in [0.4, 0.5) is 11.6 Å². The number of nitrogens with one attached hydrogen (secondary N) is 1. The van der Waals surface area contributed by atoms with Gasteiger partial charge in [-0.05, 0) is 55.2 Å². The number of morpholine rings is 1. The maximum Gasteiger partial charge on any atom is 0.267 e. The molecular weight excluding hydrogens is 516 g/mol. The number of aromatic nitrogens is 3. The molecule has 0 bridgehead atoms. The van der Waals surface area contributed by atoms with Gasteiger partial charge in [-0.15, -0.1) is 0 Å². The zero-order valence-corrected chi connectivity index (χ0v) is 22.6. The molecule has 2 atom stereocenters. The molecule has 3 heterocycles. The van der Waals surface area contributed by atoms with Crippen molar-refractivity contribution in [1.29, 1.82) is 0 Å². The molecule has 11 heteroatoms. The smallest absolute Gasteiger partial charge is 0.267 e. The van der Waals surface area contributed by atoms with Crippen LogP contribution >= 0.6 is 0 Å². The fourth-order valence-electron chi connectivity index (χ4n) is 5.85. The van der Waals surface area contributed by atoms with Gasteiger partial charge in [-0.2, -0.15) is 0 Å². The van der Waals surface area contributed by atoms with Crippen molar-refractivity contribution in [3.05, 3.63) is 60.8 Å². The van der Waals surface area contributed by atoms with Crippen LogP contribution in [0.15, 0.2) is 65.7 Å². The lowest BCUT2D eigenvalue weighted by Crippen LogP contribution is -2.45. The van der Waals surface area contributed by atoms with Crippen LogP contribution in [0.1, 0.15) is 25.3 Å². The van der Waals surface area contributed by atoms with E-state index < -0.39 is 10.0 Å². The highest BCUT2D eigenvalue weighted by Crippen LogP contribution is 2.39. The van der Waals surface area contributed by atoms with E-state index in [2.05, 4.69) is 24.2 Å². The number of nitrogens with two attached hydrogens (primary N) is 1. The number of para-hydroxylation sites is 1. The summed E-state index contributed by atoms with van der Waals surface area (Å²) in [7, 11) is -2.55. The number of pyridine rings is 1. The van der Waals surface area contributed by atoms with Crippen LogP contribution in [-0.4, -0.2) is 67.3 Å². The second kappa shape index (κ2) is 10.5. The van der Waals surface area contributed by atoms with Crippen LogP contribution < -0.4 is 15.2 Å². The Morgan fingerprint density at radius 1 is 1.03 bits per heavy atom. The zero-order valence-electron chi connectivity index (χ0n) is 21.8. The zero-order chi connectivity index (χ0) is 27.0. The van der Waals surface area contributed by atoms with E-state index >= 15 is 0 Å². The highest BCUT2D eigenvalue weighted by Gasteiger charge is 2.36. The lowest BCUT2D eigenvalue weighted by molar-refractivity contribution is 0.0100. The highest BCUT2D eigenvalue weighted by atomic mass is 32.2. The Balaban J connectivity index is 1.38. The second-order valence-electron chi connectivity index (χ2n) is 9.96. The number of benzene rings is 2. The van der Waals surface area contributed by atoms with Gasteiger partial charge in [0.2, 0.25) is 11.8 Å². The van der Waals surface area contributed by atoms with Gasteiger partial charge in [0.1, 0.15) is 4.90 Å². The van der Waals surface area contributed by atoms with Crippen molar-refractivity contribution >= 4 is 32.7 Å². The number of hydrogen-bond donors (Lipinski definition) is 2. The molecule has 39 heavy (non-hydrogen) atoms. The topological polar surface area (TPSA) is 125 Å². The number of methoxy groups -OCH3 is 1. The molecule has 1 saturated heterocycles. The first-order valence-corrected chi connectivity index (χ1v) is 14.6. The molecule has 2 aliphatic rings. The number of imidazole rings is 1. The first-order valence-electron chi connectivity index (χ1n) is 13.2. The van der Waals surface area contributed by atoms with Gasteiger partial charge in [-0.25, -0.2) is 18.4 Å². The van der Waals surface area contributed by atoms with E-state index in [9.17, 15) is 8.42 Å². The average molecular weight is 549 g/mol. The molecule has 2 unspecified atom stereocenters. The summed E-state index contributed by atoms with van der Waals surface area (Å²) in [4.78, 5) is 11.5. The van der Waals surface area contributed by atoms with Gasteiger partial charge in [0, 0.05) is 36.6 Å². The Labute approximate surface area is 227 Å². The van der Waals surface area contributed by atoms with Crippen LogP contribution in [0, 0.1) is 0 Å². The van der Waals surface area contributed by atoms with Crippen LogP contribution in [0.5, 0.6) is 5.88 Å². The fourth-order valence-corrected chi connectivity index (χ4v) is 7.05. The molecule has 6 rings (SSSR count). The fraction of sp³-hybridized carbons (Fsp3) is 0.357. The van der Waals surface area contributed by atoms with Crippen molar-refractivity contribution in [3.8, 4) is 17.0 Å². The predicted octanol–water partition coefficient (Wildman–Crippen LogP) is 3.92. The third kappa shape index (κ3) is 4.93. The Kier molecular flexibility index (Phi) is 6.88. The monoisotopic (exact) mass is 548 g/mol.